The van der Waals surface area contributed by atoms with Crippen LogP contribution in [0.15, 0.2) is 11.6 Å². The maximum absolute atomic E-state index is 10.8. The van der Waals surface area contributed by atoms with E-state index in [9.17, 15) is 9.59 Å². The van der Waals surface area contributed by atoms with Gasteiger partial charge in [0.1, 0.15) is 13.6 Å². The van der Waals surface area contributed by atoms with Crippen LogP contribution in [0.4, 0.5) is 0 Å². The second kappa shape index (κ2) is 14.7. The maximum atomic E-state index is 10.8. The average Bonchev–Trinajstić information content (AvgIpc) is 2.24. The van der Waals surface area contributed by atoms with Crippen LogP contribution in [0.3, 0.4) is 0 Å². The van der Waals surface area contributed by atoms with Crippen LogP contribution in [-0.4, -0.2) is 30.4 Å². The topological polar surface area (TPSA) is 88.5 Å². The Balaban J connectivity index is -0.000000318. The quantitative estimate of drug-likeness (QED) is 0.708. The summed E-state index contributed by atoms with van der Waals surface area (Å²) in [5, 5.41) is 8.38. The van der Waals surface area contributed by atoms with E-state index in [4.69, 9.17) is 14.7 Å². The van der Waals surface area contributed by atoms with Gasteiger partial charge < -0.3 is 14.7 Å². The van der Waals surface area contributed by atoms with Crippen molar-refractivity contribution in [3.05, 3.63) is 11.6 Å². The number of hydrogen-bond acceptors (Lipinski definition) is 4. The fourth-order valence-corrected chi connectivity index (χ4v) is 0.622. The first-order valence-electron chi connectivity index (χ1n) is 4.10. The van der Waals surface area contributed by atoms with Crippen molar-refractivity contribution < 1.29 is 24.3 Å². The largest absolute Gasteiger partial charge is 0.478 e. The van der Waals surface area contributed by atoms with Crippen LogP contribution in [0, 0.1) is 0 Å². The average molecular weight is 216 g/mol. The molecule has 0 amide bonds. The molecule has 15 heavy (non-hydrogen) atoms. The van der Waals surface area contributed by atoms with Crippen LogP contribution >= 0.6 is 0 Å². The van der Waals surface area contributed by atoms with Gasteiger partial charge in [0.15, 0.2) is 5.78 Å². The summed E-state index contributed by atoms with van der Waals surface area (Å²) < 4.78 is 0. The third-order valence-electron chi connectivity index (χ3n) is 1.21. The smallest absolute Gasteiger partial charge is 0.331 e. The summed E-state index contributed by atoms with van der Waals surface area (Å²) in [7, 11) is 0. The number of allylic oxidation sites excluding steroid dienone is 1. The minimum atomic E-state index is -1.03. The summed E-state index contributed by atoms with van der Waals surface area (Å²) in [5.74, 6) is -1.15. The third kappa shape index (κ3) is 15.0. The Labute approximate surface area is 88.8 Å². The lowest BCUT2D eigenvalue weighted by atomic mass is 10.2. The van der Waals surface area contributed by atoms with Gasteiger partial charge in [-0.1, -0.05) is 6.92 Å². The summed E-state index contributed by atoms with van der Waals surface area (Å²) in [6.45, 7) is 7.29. The Bertz CT molecular complexity index is 218. The number of aliphatic carboxylic acids is 1. The monoisotopic (exact) mass is 216 g/mol. The third-order valence-corrected chi connectivity index (χ3v) is 1.21. The second-order valence-corrected chi connectivity index (χ2v) is 2.35. The highest BCUT2D eigenvalue weighted by molar-refractivity contribution is 5.98. The Hall–Kier alpha value is -1.78. The summed E-state index contributed by atoms with van der Waals surface area (Å²) >= 11 is 0. The first kappa shape index (κ1) is 18.9. The van der Waals surface area contributed by atoms with Crippen molar-refractivity contribution >= 4 is 25.3 Å². The fourth-order valence-electron chi connectivity index (χ4n) is 0.622. The molecule has 0 fully saturated rings. The van der Waals surface area contributed by atoms with E-state index < -0.39 is 5.97 Å². The lowest BCUT2D eigenvalue weighted by Gasteiger charge is -1.91. The van der Waals surface area contributed by atoms with E-state index in [1.165, 1.54) is 13.0 Å². The van der Waals surface area contributed by atoms with Gasteiger partial charge in [-0.15, -0.1) is 0 Å². The number of hydrogen-bond donors (Lipinski definition) is 1. The summed E-state index contributed by atoms with van der Waals surface area (Å²) in [5.41, 5.74) is 0.100. The van der Waals surface area contributed by atoms with Crippen molar-refractivity contribution in [3.8, 4) is 0 Å². The maximum Gasteiger partial charge on any atom is 0.331 e. The van der Waals surface area contributed by atoms with Gasteiger partial charge in [-0.2, -0.15) is 0 Å². The predicted octanol–water partition coefficient (Wildman–Crippen LogP) is 1.02. The van der Waals surface area contributed by atoms with Crippen molar-refractivity contribution in [2.45, 2.75) is 26.7 Å². The number of rotatable bonds is 4. The molecule has 0 aromatic carbocycles. The lowest BCUT2D eigenvalue weighted by Crippen LogP contribution is -2.00. The SMILES string of the molecule is C=O.C=O.CCCC(=O)C=C(C)C(=O)O. The highest BCUT2D eigenvalue weighted by atomic mass is 16.4. The van der Waals surface area contributed by atoms with E-state index in [0.717, 1.165) is 6.42 Å². The Morgan fingerprint density at radius 3 is 1.87 bits per heavy atom. The van der Waals surface area contributed by atoms with Crippen molar-refractivity contribution in [2.75, 3.05) is 0 Å². The minimum absolute atomic E-state index is 0.100. The van der Waals surface area contributed by atoms with Gasteiger partial charge in [-0.05, 0) is 19.4 Å². The second-order valence-electron chi connectivity index (χ2n) is 2.35. The molecule has 0 aromatic heterocycles. The molecule has 0 atom stereocenters. The molecule has 0 rings (SSSR count). The molecule has 0 unspecified atom stereocenters. The molecule has 0 aliphatic carbocycles. The predicted molar refractivity (Wildman–Crippen MR) is 55.5 cm³/mol. The molecule has 0 saturated heterocycles. The molecule has 5 nitrogen and oxygen atoms in total. The van der Waals surface area contributed by atoms with E-state index >= 15 is 0 Å². The van der Waals surface area contributed by atoms with E-state index in [-0.39, 0.29) is 11.4 Å². The number of carboxylic acid groups (broad SMARTS) is 1. The van der Waals surface area contributed by atoms with Gasteiger partial charge in [0, 0.05) is 12.0 Å². The van der Waals surface area contributed by atoms with Gasteiger partial charge in [0.25, 0.3) is 0 Å². The molecule has 1 N–H and O–H groups in total. The zero-order valence-corrected chi connectivity index (χ0v) is 8.99. The van der Waals surface area contributed by atoms with Crippen LogP contribution in [-0.2, 0) is 19.2 Å². The molecule has 0 radical (unpaired) electrons. The van der Waals surface area contributed by atoms with Gasteiger partial charge in [0.2, 0.25) is 0 Å². The molecular formula is C10H16O5. The lowest BCUT2D eigenvalue weighted by molar-refractivity contribution is -0.132. The Morgan fingerprint density at radius 2 is 1.60 bits per heavy atom. The Morgan fingerprint density at radius 1 is 1.20 bits per heavy atom. The zero-order chi connectivity index (χ0) is 12.9. The molecule has 0 heterocycles. The van der Waals surface area contributed by atoms with Crippen molar-refractivity contribution in [3.63, 3.8) is 0 Å². The van der Waals surface area contributed by atoms with Gasteiger partial charge in [-0.25, -0.2) is 4.79 Å². The van der Waals surface area contributed by atoms with E-state index in [1.54, 1.807) is 0 Å². The van der Waals surface area contributed by atoms with Gasteiger partial charge >= 0.3 is 5.97 Å². The van der Waals surface area contributed by atoms with Crippen LogP contribution in [0.1, 0.15) is 26.7 Å². The van der Waals surface area contributed by atoms with Gasteiger partial charge in [-0.3, -0.25) is 4.79 Å². The molecule has 86 valence electrons. The number of carbonyl (C=O) groups excluding carboxylic acids is 3. The van der Waals surface area contributed by atoms with E-state index in [2.05, 4.69) is 0 Å². The van der Waals surface area contributed by atoms with E-state index in [1.807, 2.05) is 20.5 Å². The first-order valence-corrected chi connectivity index (χ1v) is 4.10. The molecule has 0 bridgehead atoms. The summed E-state index contributed by atoms with van der Waals surface area (Å²) in [4.78, 5) is 37.0. The normalized spacial score (nSPS) is 8.80. The molecule has 0 aliphatic rings. The minimum Gasteiger partial charge on any atom is -0.478 e. The summed E-state index contributed by atoms with van der Waals surface area (Å²) in [6, 6.07) is 0. The summed E-state index contributed by atoms with van der Waals surface area (Å²) in [6.07, 6.45) is 2.35. The molecule has 0 spiro atoms. The number of carbonyl (C=O) groups is 4. The van der Waals surface area contributed by atoms with E-state index in [0.29, 0.717) is 6.42 Å². The number of ketones is 1. The number of carboxylic acids is 1. The molecule has 0 aliphatic heterocycles. The fraction of sp³-hybridized carbons (Fsp3) is 0.400. The van der Waals surface area contributed by atoms with Gasteiger partial charge in [0.05, 0.1) is 0 Å². The molecular weight excluding hydrogens is 200 g/mol. The highest BCUT2D eigenvalue weighted by Gasteiger charge is 2.02. The van der Waals surface area contributed by atoms with Crippen molar-refractivity contribution in [1.82, 2.24) is 0 Å². The van der Waals surface area contributed by atoms with Crippen molar-refractivity contribution in [1.29, 1.82) is 0 Å². The van der Waals surface area contributed by atoms with Crippen LogP contribution in [0.25, 0.3) is 0 Å². The van der Waals surface area contributed by atoms with Crippen LogP contribution in [0.2, 0.25) is 0 Å². The highest BCUT2D eigenvalue weighted by Crippen LogP contribution is 1.96. The Kier molecular flexibility index (Phi) is 18.6. The molecule has 0 saturated carbocycles. The molecule has 5 heteroatoms. The van der Waals surface area contributed by atoms with Crippen LogP contribution < -0.4 is 0 Å². The standard InChI is InChI=1S/C8H12O3.2CH2O/c1-3-4-7(9)5-6(2)8(10)11;2*1-2/h5H,3-4H2,1-2H3,(H,10,11);2*1H2. The first-order chi connectivity index (χ1) is 7.07. The van der Waals surface area contributed by atoms with Crippen LogP contribution in [0.5, 0.6) is 0 Å². The molecule has 0 aromatic rings. The van der Waals surface area contributed by atoms with Crippen molar-refractivity contribution in [2.24, 2.45) is 0 Å². The zero-order valence-electron chi connectivity index (χ0n) is 8.99.